The van der Waals surface area contributed by atoms with Crippen molar-refractivity contribution in [3.63, 3.8) is 0 Å². The maximum atomic E-state index is 12.7. The molecule has 0 spiro atoms. The first-order chi connectivity index (χ1) is 20.4. The van der Waals surface area contributed by atoms with Gasteiger partial charge >= 0.3 is 11.9 Å². The number of hydrogen-bond donors (Lipinski definition) is 0. The fraction of sp³-hybridized carbons (Fsp3) is 0.730. The third-order valence-electron chi connectivity index (χ3n) is 13.7. The second-order valence-electron chi connectivity index (χ2n) is 15.9. The molecular weight excluding hydrogens is 716 g/mol. The number of fused-ring (bicyclic) bond motifs is 8. The molecule has 6 nitrogen and oxygen atoms in total. The van der Waals surface area contributed by atoms with Crippen LogP contribution >= 0.6 is 0 Å². The molecule has 2 heterocycles. The van der Waals surface area contributed by atoms with E-state index in [0.717, 1.165) is 82.1 Å². The van der Waals surface area contributed by atoms with Gasteiger partial charge in [-0.3, -0.25) is 19.4 Å². The number of carbonyl (C=O) groups excluding carboxylic acids is 3. The second kappa shape index (κ2) is 13.0. The van der Waals surface area contributed by atoms with E-state index in [4.69, 9.17) is 9.47 Å². The number of nitrogens with zero attached hydrogens (tertiary/aromatic N) is 1. The van der Waals surface area contributed by atoms with Gasteiger partial charge in [0.1, 0.15) is 17.3 Å². The van der Waals surface area contributed by atoms with E-state index < -0.39 is 0 Å². The Labute approximate surface area is 320 Å². The van der Waals surface area contributed by atoms with Crippen LogP contribution in [0.15, 0.2) is 27.7 Å². The van der Waals surface area contributed by atoms with E-state index in [1.807, 2.05) is 7.05 Å². The Morgan fingerprint density at radius 2 is 1.11 bits per heavy atom. The van der Waals surface area contributed by atoms with E-state index in [-0.39, 0.29) is 117 Å². The number of ketones is 1. The third-order valence-corrected chi connectivity index (χ3v) is 13.7. The van der Waals surface area contributed by atoms with Crippen LogP contribution in [-0.2, 0) is 89.3 Å². The zero-order valence-electron chi connectivity index (χ0n) is 28.0. The Hall–Kier alpha value is -0.0322. The summed E-state index contributed by atoms with van der Waals surface area (Å²) in [6.45, 7) is 9.16. The molecule has 4 saturated carbocycles. The Kier molecular flexibility index (Phi) is 10.5. The van der Waals surface area contributed by atoms with Crippen LogP contribution in [0.5, 0.6) is 0 Å². The van der Waals surface area contributed by atoms with Crippen LogP contribution in [0, 0.1) is 58.2 Å². The molecule has 8 rings (SSSR count). The summed E-state index contributed by atoms with van der Waals surface area (Å²) in [6, 6.07) is 0. The second-order valence-corrected chi connectivity index (χ2v) is 15.9. The summed E-state index contributed by atoms with van der Waals surface area (Å²) in [4.78, 5) is 41.4. The monoisotopic (exact) mass is 765 g/mol. The van der Waals surface area contributed by atoms with Crippen molar-refractivity contribution in [1.29, 1.82) is 0 Å². The van der Waals surface area contributed by atoms with Crippen LogP contribution in [0.2, 0.25) is 0 Å². The molecule has 0 amide bonds. The number of carbonyl (C=O) groups is 3. The molecule has 45 heavy (non-hydrogen) atoms. The molecule has 8 unspecified atom stereocenters. The summed E-state index contributed by atoms with van der Waals surface area (Å²) in [5.74, 6) is 2.66. The molecule has 2 saturated heterocycles. The number of allylic oxidation sites excluding steroid dienone is 4. The number of ether oxygens (including phenoxy) is 2. The van der Waals surface area contributed by atoms with E-state index in [0.29, 0.717) is 24.7 Å². The molecule has 0 aromatic carbocycles. The van der Waals surface area contributed by atoms with Gasteiger partial charge in [0, 0.05) is 103 Å². The standard InChI is InChI=1S/C19H26NO2.C18H23O3.2Y/c1-18-8-4-5-13(18)16-14(7-9-18)19(2)10-6-12(20-3)11-15(19)17(21)22-16;1-17-7-3-4-12(17)15-13(6-8-17)18(2)9-5-11(19)10-14(18)16(20)21-15;;/h8,14-15H,4-7,9-11H2,1-3H3;7,13-14H,3-6,8-10H2,1-2H3;;/q2*-1;;. The number of aliphatic imine (C=N–C) groups is 1. The summed E-state index contributed by atoms with van der Waals surface area (Å²) in [5, 5.41) is 0. The van der Waals surface area contributed by atoms with Gasteiger partial charge in [-0.2, -0.15) is 12.8 Å². The molecule has 8 atom stereocenters. The zero-order valence-corrected chi connectivity index (χ0v) is 33.7. The van der Waals surface area contributed by atoms with Gasteiger partial charge in [-0.05, 0) is 49.4 Å². The Morgan fingerprint density at radius 3 is 1.60 bits per heavy atom. The van der Waals surface area contributed by atoms with Crippen LogP contribution in [0.4, 0.5) is 0 Å². The fourth-order valence-corrected chi connectivity index (χ4v) is 10.7. The van der Waals surface area contributed by atoms with Crippen LogP contribution < -0.4 is 0 Å². The maximum absolute atomic E-state index is 12.7. The Morgan fingerprint density at radius 1 is 0.644 bits per heavy atom. The van der Waals surface area contributed by atoms with Crippen LogP contribution in [0.3, 0.4) is 0 Å². The van der Waals surface area contributed by atoms with E-state index in [1.165, 1.54) is 23.3 Å². The number of rotatable bonds is 0. The first-order valence-electron chi connectivity index (χ1n) is 17.0. The molecule has 0 bridgehead atoms. The minimum absolute atomic E-state index is 0. The molecule has 2 aliphatic heterocycles. The average Bonchev–Trinajstić information content (AvgIpc) is 3.57. The molecular formula is C37H49NO5Y2-2. The number of hydrogen-bond acceptors (Lipinski definition) is 6. The molecule has 0 aromatic heterocycles. The SMILES string of the molecule is CC12[CH-]CCC1=C1OC(=O)C3CC(=O)CCC3(C)C1CC2.CN=C1CCC2(C)C(C1)C(=O)OC1=C3CC[CH-]C3(C)CCC12.[Y].[Y]. The third kappa shape index (κ3) is 5.76. The molecule has 8 aliphatic rings. The summed E-state index contributed by atoms with van der Waals surface area (Å²) >= 11 is 0. The molecule has 8 heteroatoms. The van der Waals surface area contributed by atoms with Gasteiger partial charge in [0.2, 0.25) is 0 Å². The van der Waals surface area contributed by atoms with E-state index in [9.17, 15) is 14.4 Å². The van der Waals surface area contributed by atoms with Crippen molar-refractivity contribution >= 4 is 23.4 Å². The van der Waals surface area contributed by atoms with Gasteiger partial charge in [0.25, 0.3) is 0 Å². The topological polar surface area (TPSA) is 82.0 Å². The number of esters is 2. The van der Waals surface area contributed by atoms with Gasteiger partial charge < -0.3 is 22.3 Å². The average molecular weight is 766 g/mol. The van der Waals surface area contributed by atoms with Crippen molar-refractivity contribution in [2.24, 2.45) is 50.3 Å². The van der Waals surface area contributed by atoms with Crippen molar-refractivity contribution in [2.45, 2.75) is 118 Å². The first-order valence-corrected chi connectivity index (χ1v) is 17.0. The fourth-order valence-electron chi connectivity index (χ4n) is 10.7. The predicted octanol–water partition coefficient (Wildman–Crippen LogP) is 7.67. The van der Waals surface area contributed by atoms with Gasteiger partial charge in [-0.15, -0.1) is 10.8 Å². The molecule has 0 aromatic rings. The molecule has 6 aliphatic carbocycles. The minimum atomic E-state index is -0.220. The normalized spacial score (nSPS) is 43.9. The Balaban J connectivity index is 0.000000170. The van der Waals surface area contributed by atoms with Crippen molar-refractivity contribution in [3.05, 3.63) is 35.5 Å². The summed E-state index contributed by atoms with van der Waals surface area (Å²) in [5.41, 5.74) is 4.28. The van der Waals surface area contributed by atoms with Gasteiger partial charge in [0.05, 0.1) is 11.8 Å². The molecule has 0 N–H and O–H groups in total. The van der Waals surface area contributed by atoms with E-state index in [2.05, 4.69) is 45.5 Å². The molecule has 240 valence electrons. The van der Waals surface area contributed by atoms with E-state index >= 15 is 0 Å². The van der Waals surface area contributed by atoms with E-state index in [1.54, 1.807) is 0 Å². The first kappa shape index (κ1) is 36.3. The van der Waals surface area contributed by atoms with Crippen molar-refractivity contribution in [1.82, 2.24) is 0 Å². The summed E-state index contributed by atoms with van der Waals surface area (Å²) in [6.07, 6.45) is 18.6. The van der Waals surface area contributed by atoms with Gasteiger partial charge in [0.15, 0.2) is 0 Å². The van der Waals surface area contributed by atoms with Crippen molar-refractivity contribution < 1.29 is 89.3 Å². The zero-order chi connectivity index (χ0) is 30.4. The molecule has 6 fully saturated rings. The Bertz CT molecular complexity index is 1370. The summed E-state index contributed by atoms with van der Waals surface area (Å²) < 4.78 is 11.8. The quantitative estimate of drug-likeness (QED) is 0.187. The smallest absolute Gasteiger partial charge is 0.315 e. The van der Waals surface area contributed by atoms with Crippen LogP contribution in [0.1, 0.15) is 118 Å². The molecule has 2 radical (unpaired) electrons. The predicted molar refractivity (Wildman–Crippen MR) is 164 cm³/mol. The maximum Gasteiger partial charge on any atom is 0.315 e. The van der Waals surface area contributed by atoms with Gasteiger partial charge in [-0.1, -0.05) is 64.5 Å². The van der Waals surface area contributed by atoms with Crippen LogP contribution in [0.25, 0.3) is 0 Å². The minimum Gasteiger partial charge on any atom is -0.431 e. The van der Waals surface area contributed by atoms with Crippen molar-refractivity contribution in [2.75, 3.05) is 7.05 Å². The largest absolute Gasteiger partial charge is 0.431 e. The number of Topliss-reactive ketones (excluding diaryl/α,β-unsaturated/α-hetero) is 1. The van der Waals surface area contributed by atoms with Crippen molar-refractivity contribution in [3.8, 4) is 0 Å². The van der Waals surface area contributed by atoms with Crippen LogP contribution in [-0.4, -0.2) is 30.5 Å². The summed E-state index contributed by atoms with van der Waals surface area (Å²) in [7, 11) is 1.85. The van der Waals surface area contributed by atoms with Gasteiger partial charge in [-0.25, -0.2) is 0 Å².